The van der Waals surface area contributed by atoms with E-state index in [0.29, 0.717) is 0 Å². The zero-order valence-corrected chi connectivity index (χ0v) is 39.6. The Morgan fingerprint density at radius 1 is 0.500 bits per heavy atom. The molecule has 0 bridgehead atoms. The van der Waals surface area contributed by atoms with Crippen molar-refractivity contribution < 1.29 is 4.74 Å². The maximum atomic E-state index is 9.22. The lowest BCUT2D eigenvalue weighted by Gasteiger charge is -2.26. The van der Waals surface area contributed by atoms with Crippen LogP contribution in [0.2, 0.25) is 0 Å². The van der Waals surface area contributed by atoms with Crippen LogP contribution in [0.1, 0.15) is 120 Å². The Bertz CT molecular complexity index is 2430. The van der Waals surface area contributed by atoms with Crippen LogP contribution in [-0.4, -0.2) is 6.61 Å². The van der Waals surface area contributed by atoms with Crippen LogP contribution in [-0.2, 0) is 0 Å². The highest BCUT2D eigenvalue weighted by molar-refractivity contribution is 7.30. The smallest absolute Gasteiger partial charge is 0.119 e. The van der Waals surface area contributed by atoms with Crippen molar-refractivity contribution in [2.24, 2.45) is 0 Å². The lowest BCUT2D eigenvalue weighted by atomic mass is 10.0. The second kappa shape index (κ2) is 22.9. The number of rotatable bonds is 23. The van der Waals surface area contributed by atoms with Crippen LogP contribution in [0.5, 0.6) is 5.75 Å². The van der Waals surface area contributed by atoms with Crippen LogP contribution < -0.4 is 9.64 Å². The van der Waals surface area contributed by atoms with Crippen LogP contribution in [0.15, 0.2) is 108 Å². The molecule has 0 unspecified atom stereocenters. The summed E-state index contributed by atoms with van der Waals surface area (Å²) < 4.78 is 11.2. The molecular weight excluding hydrogens is 835 g/mol. The summed E-state index contributed by atoms with van der Waals surface area (Å²) in [5, 5.41) is 18.4. The molecule has 0 radical (unpaired) electrons. The van der Waals surface area contributed by atoms with Crippen LogP contribution in [0.3, 0.4) is 0 Å². The topological polar surface area (TPSA) is 60.0 Å². The van der Waals surface area contributed by atoms with E-state index in [4.69, 9.17) is 4.74 Å². The molecule has 4 aromatic heterocycles. The highest BCUT2D eigenvalue weighted by Crippen LogP contribution is 2.43. The fourth-order valence-corrected chi connectivity index (χ4v) is 12.6. The number of nitriles is 2. The standard InChI is InChI=1S/C54H57N3OS4/c1-4-5-6-7-8-9-10-11-12-13-14-15-16-17-30-58-46-28-26-45(27-29-46)57(43-22-18-41(19-23-43)49-35-53-51(61-49)33-47(59-53)31-39(2)37-55)44-24-20-42(21-25-44)50-36-54-52(62-50)34-48(60-54)32-40(3)38-56/h18-29,31-36H,4-17,30H2,1-3H3/b39-31-,40-32-. The van der Waals surface area contributed by atoms with Crippen LogP contribution in [0.4, 0.5) is 17.1 Å². The van der Waals surface area contributed by atoms with E-state index in [-0.39, 0.29) is 0 Å². The van der Waals surface area contributed by atoms with Gasteiger partial charge in [0.25, 0.3) is 0 Å². The minimum Gasteiger partial charge on any atom is -0.494 e. The summed E-state index contributed by atoms with van der Waals surface area (Å²) in [6, 6.07) is 39.7. The number of hydrogen-bond acceptors (Lipinski definition) is 8. The van der Waals surface area contributed by atoms with Crippen molar-refractivity contribution >= 4 is 93.4 Å². The summed E-state index contributed by atoms with van der Waals surface area (Å²) in [6.07, 6.45) is 22.9. The van der Waals surface area contributed by atoms with Gasteiger partial charge < -0.3 is 9.64 Å². The van der Waals surface area contributed by atoms with E-state index in [9.17, 15) is 10.5 Å². The summed E-state index contributed by atoms with van der Waals surface area (Å²) in [4.78, 5) is 7.03. The number of unbranched alkanes of at least 4 members (excludes halogenated alkanes) is 13. The quantitative estimate of drug-likeness (QED) is 0.0474. The summed E-state index contributed by atoms with van der Waals surface area (Å²) in [6.45, 7) is 6.74. The van der Waals surface area contributed by atoms with Crippen molar-refractivity contribution in [1.82, 2.24) is 0 Å². The number of thiophene rings is 4. The van der Waals surface area contributed by atoms with Gasteiger partial charge in [-0.2, -0.15) is 10.5 Å². The van der Waals surface area contributed by atoms with E-state index >= 15 is 0 Å². The SMILES string of the molecule is CCCCCCCCCCCCCCCCOc1ccc(N(c2ccc(-c3cc4sc(/C=C(/C)C#N)cc4s3)cc2)c2ccc(-c3cc4sc(/C=C(/C)C#N)cc4s3)cc2)cc1. The largest absolute Gasteiger partial charge is 0.494 e. The molecule has 0 saturated carbocycles. The van der Waals surface area contributed by atoms with Crippen molar-refractivity contribution in [1.29, 1.82) is 10.5 Å². The first kappa shape index (κ1) is 45.1. The number of ether oxygens (including phenoxy) is 1. The van der Waals surface area contributed by atoms with Crippen LogP contribution >= 0.6 is 45.3 Å². The highest BCUT2D eigenvalue weighted by atomic mass is 32.1. The lowest BCUT2D eigenvalue weighted by molar-refractivity contribution is 0.304. The Morgan fingerprint density at radius 3 is 1.26 bits per heavy atom. The van der Waals surface area contributed by atoms with Crippen molar-refractivity contribution in [2.45, 2.75) is 111 Å². The van der Waals surface area contributed by atoms with E-state index in [0.717, 1.165) is 56.7 Å². The Labute approximate surface area is 385 Å². The third-order valence-electron chi connectivity index (χ3n) is 11.2. The second-order valence-corrected chi connectivity index (χ2v) is 20.6. The van der Waals surface area contributed by atoms with Gasteiger partial charge >= 0.3 is 0 Å². The molecule has 0 spiro atoms. The number of benzene rings is 3. The number of hydrogen-bond donors (Lipinski definition) is 0. The monoisotopic (exact) mass is 891 g/mol. The van der Waals surface area contributed by atoms with Gasteiger partial charge in [-0.15, -0.1) is 45.3 Å². The van der Waals surface area contributed by atoms with Gasteiger partial charge in [0.1, 0.15) is 5.75 Å². The number of nitrogens with zero attached hydrogens (tertiary/aromatic N) is 3. The predicted octanol–water partition coefficient (Wildman–Crippen LogP) is 18.8. The number of fused-ring (bicyclic) bond motifs is 2. The first-order chi connectivity index (χ1) is 30.4. The first-order valence-corrected chi connectivity index (χ1v) is 25.6. The van der Waals surface area contributed by atoms with E-state index < -0.39 is 0 Å². The molecule has 7 aromatic rings. The third kappa shape index (κ3) is 12.4. The zero-order chi connectivity index (χ0) is 43.1. The van der Waals surface area contributed by atoms with Crippen molar-refractivity contribution in [3.8, 4) is 38.8 Å². The average Bonchev–Trinajstić information content (AvgIpc) is 4.07. The van der Waals surface area contributed by atoms with Crippen LogP contribution in [0, 0.1) is 22.7 Å². The van der Waals surface area contributed by atoms with Gasteiger partial charge in [0.05, 0.1) is 18.7 Å². The van der Waals surface area contributed by atoms with Crippen LogP contribution in [0.25, 0.3) is 51.8 Å². The molecule has 0 amide bonds. The molecule has 62 heavy (non-hydrogen) atoms. The van der Waals surface area contributed by atoms with Crippen molar-refractivity contribution in [3.05, 3.63) is 118 Å². The van der Waals surface area contributed by atoms with Gasteiger partial charge in [0.15, 0.2) is 0 Å². The number of allylic oxidation sites excluding steroid dienone is 2. The van der Waals surface area contributed by atoms with E-state index in [1.165, 1.54) is 123 Å². The summed E-state index contributed by atoms with van der Waals surface area (Å²) >= 11 is 7.05. The fraction of sp³-hybridized carbons (Fsp3) is 0.333. The summed E-state index contributed by atoms with van der Waals surface area (Å²) in [5.41, 5.74) is 7.06. The van der Waals surface area contributed by atoms with E-state index in [1.807, 2.05) is 26.0 Å². The third-order valence-corrected chi connectivity index (χ3v) is 15.8. The van der Waals surface area contributed by atoms with E-state index in [1.54, 1.807) is 45.3 Å². The molecular formula is C54H57N3OS4. The van der Waals surface area contributed by atoms with Crippen molar-refractivity contribution in [3.63, 3.8) is 0 Å². The molecule has 0 aliphatic heterocycles. The van der Waals surface area contributed by atoms with Gasteiger partial charge in [-0.1, -0.05) is 115 Å². The summed E-state index contributed by atoms with van der Waals surface area (Å²) in [7, 11) is 0. The Kier molecular flexibility index (Phi) is 16.7. The second-order valence-electron chi connectivity index (χ2n) is 16.2. The molecule has 4 nitrogen and oxygen atoms in total. The molecule has 0 saturated heterocycles. The Balaban J connectivity index is 0.996. The number of anilines is 3. The Hall–Kier alpha value is -4.96. The maximum absolute atomic E-state index is 9.22. The highest BCUT2D eigenvalue weighted by Gasteiger charge is 2.16. The molecule has 4 heterocycles. The van der Waals surface area contributed by atoms with Gasteiger partial charge in [-0.25, -0.2) is 0 Å². The zero-order valence-electron chi connectivity index (χ0n) is 36.4. The molecule has 318 valence electrons. The van der Waals surface area contributed by atoms with E-state index in [2.05, 4.69) is 121 Å². The molecule has 7 rings (SSSR count). The van der Waals surface area contributed by atoms with Gasteiger partial charge in [0, 0.05) is 66.5 Å². The van der Waals surface area contributed by atoms with Gasteiger partial charge in [-0.05, 0) is 116 Å². The molecule has 0 aliphatic rings. The molecule has 8 heteroatoms. The Morgan fingerprint density at radius 2 is 0.871 bits per heavy atom. The maximum Gasteiger partial charge on any atom is 0.119 e. The molecule has 3 aromatic carbocycles. The average molecular weight is 892 g/mol. The van der Waals surface area contributed by atoms with Gasteiger partial charge in [0.2, 0.25) is 0 Å². The first-order valence-electron chi connectivity index (χ1n) is 22.4. The lowest BCUT2D eigenvalue weighted by Crippen LogP contribution is -2.10. The predicted molar refractivity (Wildman–Crippen MR) is 273 cm³/mol. The van der Waals surface area contributed by atoms with Gasteiger partial charge in [-0.3, -0.25) is 0 Å². The molecule has 0 N–H and O–H groups in total. The fourth-order valence-electron chi connectivity index (χ4n) is 7.80. The molecule has 0 aliphatic carbocycles. The minimum absolute atomic E-state index is 0.720. The molecule has 0 fully saturated rings. The summed E-state index contributed by atoms with van der Waals surface area (Å²) in [5.74, 6) is 0.910. The van der Waals surface area contributed by atoms with Crippen molar-refractivity contribution in [2.75, 3.05) is 11.5 Å². The molecule has 0 atom stereocenters. The normalized spacial score (nSPS) is 12.0. The minimum atomic E-state index is 0.720.